The fourth-order valence-electron chi connectivity index (χ4n) is 1.61. The summed E-state index contributed by atoms with van der Waals surface area (Å²) in [4.78, 5) is 12.3. The molecule has 0 aromatic heterocycles. The SMILES string of the molecule is CCC(C)[P-]C(=O)c1c(OC)cc(C)cc1OC.[Li+]. The van der Waals surface area contributed by atoms with Gasteiger partial charge in [-0.3, -0.25) is 0 Å². The Kier molecular flexibility index (Phi) is 8.42. The maximum absolute atomic E-state index is 12.3. The van der Waals surface area contributed by atoms with Gasteiger partial charge >= 0.3 is 18.9 Å². The molecule has 3 nitrogen and oxygen atoms in total. The molecule has 0 saturated carbocycles. The Bertz CT molecular complexity index is 410. The third kappa shape index (κ3) is 4.84. The van der Waals surface area contributed by atoms with Gasteiger partial charge in [-0.2, -0.15) is 5.66 Å². The summed E-state index contributed by atoms with van der Waals surface area (Å²) in [7, 11) is 3.94. The van der Waals surface area contributed by atoms with E-state index in [-0.39, 0.29) is 24.4 Å². The van der Waals surface area contributed by atoms with Crippen molar-refractivity contribution in [3.05, 3.63) is 23.3 Å². The van der Waals surface area contributed by atoms with Gasteiger partial charge in [-0.05, 0) is 24.6 Å². The zero-order valence-corrected chi connectivity index (χ0v) is 13.5. The molecule has 0 N–H and O–H groups in total. The van der Waals surface area contributed by atoms with E-state index in [9.17, 15) is 4.79 Å². The van der Waals surface area contributed by atoms with E-state index in [1.807, 2.05) is 19.1 Å². The molecule has 1 unspecified atom stereocenters. The van der Waals surface area contributed by atoms with Crippen LogP contribution in [0.3, 0.4) is 0 Å². The van der Waals surface area contributed by atoms with Crippen molar-refractivity contribution < 1.29 is 33.1 Å². The van der Waals surface area contributed by atoms with E-state index in [2.05, 4.69) is 13.8 Å². The molecule has 0 spiro atoms. The van der Waals surface area contributed by atoms with Crippen molar-refractivity contribution in [3.8, 4) is 11.5 Å². The molecule has 100 valence electrons. The number of methoxy groups -OCH3 is 2. The minimum Gasteiger partial charge on any atom is -0.496 e. The summed E-state index contributed by atoms with van der Waals surface area (Å²) in [5, 5.41) is 0. The third-order valence-electron chi connectivity index (χ3n) is 2.79. The first-order chi connectivity index (χ1) is 8.53. The third-order valence-corrected chi connectivity index (χ3v) is 4.06. The van der Waals surface area contributed by atoms with E-state index in [0.29, 0.717) is 22.7 Å². The van der Waals surface area contributed by atoms with Gasteiger partial charge in [0.05, 0.1) is 19.8 Å². The fraction of sp³-hybridized carbons (Fsp3) is 0.500. The number of hydrogen-bond acceptors (Lipinski definition) is 3. The van der Waals surface area contributed by atoms with Crippen LogP contribution < -0.4 is 28.3 Å². The number of benzene rings is 1. The molecule has 19 heavy (non-hydrogen) atoms. The topological polar surface area (TPSA) is 35.5 Å². The second-order valence-corrected chi connectivity index (χ2v) is 5.78. The monoisotopic (exact) mass is 274 g/mol. The summed E-state index contributed by atoms with van der Waals surface area (Å²) in [6, 6.07) is 3.73. The average molecular weight is 274 g/mol. The van der Waals surface area contributed by atoms with Gasteiger partial charge in [-0.15, -0.1) is 0 Å². The second kappa shape index (κ2) is 8.64. The van der Waals surface area contributed by atoms with E-state index in [4.69, 9.17) is 9.47 Å². The van der Waals surface area contributed by atoms with Crippen molar-refractivity contribution in [3.63, 3.8) is 0 Å². The molecule has 1 aromatic carbocycles. The summed E-state index contributed by atoms with van der Waals surface area (Å²) in [6.07, 6.45) is 0.976. The second-order valence-electron chi connectivity index (χ2n) is 4.24. The molecular formula is C14H20LiO3P. The maximum Gasteiger partial charge on any atom is 1.00 e. The van der Waals surface area contributed by atoms with Gasteiger partial charge in [0.2, 0.25) is 0 Å². The molecule has 0 amide bonds. The summed E-state index contributed by atoms with van der Waals surface area (Å²) < 4.78 is 10.6. The maximum atomic E-state index is 12.3. The molecule has 0 saturated heterocycles. The van der Waals surface area contributed by atoms with Crippen LogP contribution >= 0.6 is 8.58 Å². The Labute approximate surface area is 129 Å². The van der Waals surface area contributed by atoms with Crippen molar-refractivity contribution in [2.24, 2.45) is 0 Å². The molecule has 0 aliphatic rings. The zero-order valence-electron chi connectivity index (χ0n) is 12.6. The first-order valence-corrected chi connectivity index (χ1v) is 6.97. The van der Waals surface area contributed by atoms with E-state index in [1.165, 1.54) is 0 Å². The van der Waals surface area contributed by atoms with Crippen LogP contribution in [0.5, 0.6) is 11.5 Å². The number of ether oxygens (including phenoxy) is 2. The van der Waals surface area contributed by atoms with Crippen molar-refractivity contribution in [1.82, 2.24) is 0 Å². The van der Waals surface area contributed by atoms with Crippen molar-refractivity contribution in [2.45, 2.75) is 32.9 Å². The quantitative estimate of drug-likeness (QED) is 0.571. The smallest absolute Gasteiger partial charge is 0.496 e. The zero-order chi connectivity index (χ0) is 13.7. The van der Waals surface area contributed by atoms with Crippen LogP contribution in [0, 0.1) is 6.92 Å². The van der Waals surface area contributed by atoms with E-state index in [1.54, 1.807) is 14.2 Å². The van der Waals surface area contributed by atoms with Crippen molar-refractivity contribution >= 4 is 14.1 Å². The Morgan fingerprint density at radius 2 is 1.74 bits per heavy atom. The van der Waals surface area contributed by atoms with Gasteiger partial charge in [0.25, 0.3) is 0 Å². The predicted molar refractivity (Wildman–Crippen MR) is 75.3 cm³/mol. The van der Waals surface area contributed by atoms with Gasteiger partial charge in [-0.1, -0.05) is 20.3 Å². The number of aryl methyl sites for hydroxylation is 1. The molecule has 1 atom stereocenters. The average Bonchev–Trinajstić information content (AvgIpc) is 2.36. The first-order valence-electron chi connectivity index (χ1n) is 6.01. The Balaban J connectivity index is 0.00000324. The molecular weight excluding hydrogens is 254 g/mol. The number of hydrogen-bond donors (Lipinski definition) is 0. The normalized spacial score (nSPS) is 12.1. The van der Waals surface area contributed by atoms with Crippen molar-refractivity contribution in [1.29, 1.82) is 0 Å². The minimum absolute atomic E-state index is 0. The molecule has 0 heterocycles. The van der Waals surface area contributed by atoms with Gasteiger partial charge < -0.3 is 22.8 Å². The largest absolute Gasteiger partial charge is 1.00 e. The summed E-state index contributed by atoms with van der Waals surface area (Å²) in [5.74, 6) is 1.18. The summed E-state index contributed by atoms with van der Waals surface area (Å²) in [6.45, 7) is 6.09. The molecule has 0 aliphatic carbocycles. The van der Waals surface area contributed by atoms with Gasteiger partial charge in [-0.25, -0.2) is 0 Å². The minimum atomic E-state index is 0. The Morgan fingerprint density at radius 3 is 2.11 bits per heavy atom. The van der Waals surface area contributed by atoms with E-state index >= 15 is 0 Å². The predicted octanol–water partition coefficient (Wildman–Crippen LogP) is 0.901. The number of carbonyl (C=O) groups is 1. The fourth-order valence-corrected chi connectivity index (χ4v) is 2.54. The van der Waals surface area contributed by atoms with Gasteiger partial charge in [0.15, 0.2) is 0 Å². The van der Waals surface area contributed by atoms with E-state index in [0.717, 1.165) is 20.6 Å². The van der Waals surface area contributed by atoms with Crippen LogP contribution in [0.4, 0.5) is 0 Å². The Morgan fingerprint density at radius 1 is 1.26 bits per heavy atom. The number of carbonyl (C=O) groups excluding carboxylic acids is 1. The van der Waals surface area contributed by atoms with Crippen LogP contribution in [0.15, 0.2) is 12.1 Å². The molecule has 0 bridgehead atoms. The van der Waals surface area contributed by atoms with Crippen LogP contribution in [-0.2, 0) is 0 Å². The van der Waals surface area contributed by atoms with Crippen molar-refractivity contribution in [2.75, 3.05) is 14.2 Å². The molecule has 0 radical (unpaired) electrons. The standard InChI is InChI=1S/C14H20O3P.Li/c1-6-10(3)18-14(15)13-11(16-4)7-9(2)8-12(13)17-5;/h7-8,10H,6H2,1-5H3;/q-1;+1. The molecule has 1 aromatic rings. The number of rotatable bonds is 6. The molecule has 5 heteroatoms. The van der Waals surface area contributed by atoms with Crippen LogP contribution in [-0.4, -0.2) is 25.4 Å². The van der Waals surface area contributed by atoms with Gasteiger partial charge in [0, 0.05) is 5.52 Å². The molecule has 0 aliphatic heterocycles. The molecule has 0 fully saturated rings. The summed E-state index contributed by atoms with van der Waals surface area (Å²) >= 11 is 0. The van der Waals surface area contributed by atoms with Gasteiger partial charge in [0.1, 0.15) is 11.5 Å². The molecule has 1 rings (SSSR count). The van der Waals surface area contributed by atoms with Crippen LogP contribution in [0.2, 0.25) is 0 Å². The van der Waals surface area contributed by atoms with Crippen LogP contribution in [0.25, 0.3) is 0 Å². The van der Waals surface area contributed by atoms with Crippen LogP contribution in [0.1, 0.15) is 36.2 Å². The Hall–Kier alpha value is -0.483. The van der Waals surface area contributed by atoms with E-state index < -0.39 is 0 Å². The summed E-state index contributed by atoms with van der Waals surface area (Å²) in [5.41, 5.74) is 1.96. The first kappa shape index (κ1) is 18.5.